The number of benzene rings is 2. The number of amides is 1. The molecule has 0 aliphatic heterocycles. The van der Waals surface area contributed by atoms with E-state index in [1.54, 1.807) is 30.5 Å². The summed E-state index contributed by atoms with van der Waals surface area (Å²) in [4.78, 5) is 17.1. The maximum Gasteiger partial charge on any atom is 0.241 e. The van der Waals surface area contributed by atoms with Crippen LogP contribution in [0.1, 0.15) is 16.8 Å². The molecule has 150 valence electrons. The summed E-state index contributed by atoms with van der Waals surface area (Å²) in [6.07, 6.45) is 1.88. The van der Waals surface area contributed by atoms with Gasteiger partial charge in [0.05, 0.1) is 17.1 Å². The summed E-state index contributed by atoms with van der Waals surface area (Å²) in [5.74, 6) is -0.407. The SMILES string of the molecule is Cc1ccc(S(=O)(=O)NC(Cc2ccccc2)C(=O)NCc2ccccn2)cc1. The first-order valence-corrected chi connectivity index (χ1v) is 10.7. The van der Waals surface area contributed by atoms with Crippen molar-refractivity contribution in [2.24, 2.45) is 0 Å². The Balaban J connectivity index is 1.78. The second kappa shape index (κ2) is 9.45. The molecule has 29 heavy (non-hydrogen) atoms. The standard InChI is InChI=1S/C22H23N3O3S/c1-17-10-12-20(13-11-17)29(27,28)25-21(15-18-7-3-2-4-8-18)22(26)24-16-19-9-5-6-14-23-19/h2-14,21,25H,15-16H2,1H3,(H,24,26). The predicted octanol–water partition coefficient (Wildman–Crippen LogP) is 2.60. The molecule has 3 rings (SSSR count). The summed E-state index contributed by atoms with van der Waals surface area (Å²) in [6.45, 7) is 2.10. The normalized spacial score (nSPS) is 12.3. The molecule has 2 aromatic carbocycles. The number of sulfonamides is 1. The number of nitrogens with one attached hydrogen (secondary N) is 2. The second-order valence-electron chi connectivity index (χ2n) is 6.72. The van der Waals surface area contributed by atoms with E-state index < -0.39 is 22.0 Å². The van der Waals surface area contributed by atoms with Crippen LogP contribution in [0.5, 0.6) is 0 Å². The average molecular weight is 410 g/mol. The van der Waals surface area contributed by atoms with E-state index >= 15 is 0 Å². The van der Waals surface area contributed by atoms with Crippen LogP contribution in [0.4, 0.5) is 0 Å². The lowest BCUT2D eigenvalue weighted by Gasteiger charge is -2.19. The van der Waals surface area contributed by atoms with Gasteiger partial charge in [-0.25, -0.2) is 8.42 Å². The van der Waals surface area contributed by atoms with Gasteiger partial charge in [0.15, 0.2) is 0 Å². The molecule has 2 N–H and O–H groups in total. The van der Waals surface area contributed by atoms with Crippen LogP contribution in [0.25, 0.3) is 0 Å². The molecule has 0 spiro atoms. The lowest BCUT2D eigenvalue weighted by molar-refractivity contribution is -0.122. The van der Waals surface area contributed by atoms with Gasteiger partial charge in [0.1, 0.15) is 6.04 Å². The number of aromatic nitrogens is 1. The fourth-order valence-electron chi connectivity index (χ4n) is 2.81. The van der Waals surface area contributed by atoms with Crippen molar-refractivity contribution in [2.75, 3.05) is 0 Å². The van der Waals surface area contributed by atoms with E-state index in [0.717, 1.165) is 11.1 Å². The van der Waals surface area contributed by atoms with Crippen molar-refractivity contribution >= 4 is 15.9 Å². The van der Waals surface area contributed by atoms with E-state index in [4.69, 9.17) is 0 Å². The third-order valence-corrected chi connectivity index (χ3v) is 5.89. The van der Waals surface area contributed by atoms with E-state index in [2.05, 4.69) is 15.0 Å². The first kappa shape index (κ1) is 20.7. The zero-order chi connectivity index (χ0) is 20.7. The number of pyridine rings is 1. The summed E-state index contributed by atoms with van der Waals surface area (Å²) in [5.41, 5.74) is 2.51. The lowest BCUT2D eigenvalue weighted by Crippen LogP contribution is -2.47. The topological polar surface area (TPSA) is 88.2 Å². The van der Waals surface area contributed by atoms with Crippen molar-refractivity contribution < 1.29 is 13.2 Å². The van der Waals surface area contributed by atoms with E-state index in [1.807, 2.05) is 43.3 Å². The fraction of sp³-hybridized carbons (Fsp3) is 0.182. The molecule has 7 heteroatoms. The maximum atomic E-state index is 12.8. The molecule has 0 aliphatic carbocycles. The van der Waals surface area contributed by atoms with Crippen molar-refractivity contribution in [1.29, 1.82) is 0 Å². The predicted molar refractivity (Wildman–Crippen MR) is 112 cm³/mol. The molecule has 1 unspecified atom stereocenters. The third kappa shape index (κ3) is 5.97. The van der Waals surface area contributed by atoms with E-state index in [-0.39, 0.29) is 17.9 Å². The minimum absolute atomic E-state index is 0.124. The van der Waals surface area contributed by atoms with E-state index in [0.29, 0.717) is 5.69 Å². The van der Waals surface area contributed by atoms with Gasteiger partial charge in [-0.1, -0.05) is 54.1 Å². The Labute approximate surface area is 171 Å². The van der Waals surface area contributed by atoms with E-state index in [9.17, 15) is 13.2 Å². The Kier molecular flexibility index (Phi) is 6.74. The summed E-state index contributed by atoms with van der Waals surface area (Å²) in [6, 6.07) is 20.3. The lowest BCUT2D eigenvalue weighted by atomic mass is 10.1. The zero-order valence-corrected chi connectivity index (χ0v) is 16.9. The highest BCUT2D eigenvalue weighted by atomic mass is 32.2. The largest absolute Gasteiger partial charge is 0.349 e. The molecule has 1 atom stereocenters. The minimum Gasteiger partial charge on any atom is -0.349 e. The van der Waals surface area contributed by atoms with Crippen LogP contribution >= 0.6 is 0 Å². The number of aryl methyl sites for hydroxylation is 1. The van der Waals surface area contributed by atoms with Gasteiger partial charge < -0.3 is 5.32 Å². The number of nitrogens with zero attached hydrogens (tertiary/aromatic N) is 1. The summed E-state index contributed by atoms with van der Waals surface area (Å²) >= 11 is 0. The first-order chi connectivity index (χ1) is 13.9. The van der Waals surface area contributed by atoms with Gasteiger partial charge in [-0.15, -0.1) is 0 Å². The highest BCUT2D eigenvalue weighted by Gasteiger charge is 2.26. The van der Waals surface area contributed by atoms with Crippen LogP contribution in [0.15, 0.2) is 83.9 Å². The minimum atomic E-state index is -3.85. The van der Waals surface area contributed by atoms with Crippen LogP contribution < -0.4 is 10.0 Å². The molecule has 0 saturated carbocycles. The maximum absolute atomic E-state index is 12.8. The van der Waals surface area contributed by atoms with Crippen LogP contribution in [-0.4, -0.2) is 25.4 Å². The van der Waals surface area contributed by atoms with Crippen LogP contribution in [0, 0.1) is 6.92 Å². The molecule has 3 aromatic rings. The summed E-state index contributed by atoms with van der Waals surface area (Å²) in [7, 11) is -3.85. The number of rotatable bonds is 8. The molecule has 0 bridgehead atoms. The molecular weight excluding hydrogens is 386 g/mol. The summed E-state index contributed by atoms with van der Waals surface area (Å²) in [5, 5.41) is 2.77. The van der Waals surface area contributed by atoms with Gasteiger partial charge in [0, 0.05) is 6.20 Å². The quantitative estimate of drug-likeness (QED) is 0.599. The Morgan fingerprint density at radius 1 is 0.966 bits per heavy atom. The van der Waals surface area contributed by atoms with Gasteiger partial charge in [0.25, 0.3) is 0 Å². The fourth-order valence-corrected chi connectivity index (χ4v) is 4.01. The second-order valence-corrected chi connectivity index (χ2v) is 8.43. The highest BCUT2D eigenvalue weighted by Crippen LogP contribution is 2.12. The Morgan fingerprint density at radius 3 is 2.31 bits per heavy atom. The van der Waals surface area contributed by atoms with Gasteiger partial charge in [-0.3, -0.25) is 9.78 Å². The van der Waals surface area contributed by atoms with Crippen molar-refractivity contribution in [1.82, 2.24) is 15.0 Å². The molecule has 6 nitrogen and oxygen atoms in total. The third-order valence-electron chi connectivity index (χ3n) is 4.40. The molecule has 1 heterocycles. The molecule has 0 radical (unpaired) electrons. The highest BCUT2D eigenvalue weighted by molar-refractivity contribution is 7.89. The zero-order valence-electron chi connectivity index (χ0n) is 16.1. The van der Waals surface area contributed by atoms with Crippen LogP contribution in [0.2, 0.25) is 0 Å². The molecular formula is C22H23N3O3S. The van der Waals surface area contributed by atoms with Gasteiger partial charge in [-0.2, -0.15) is 4.72 Å². The molecule has 0 fully saturated rings. The molecule has 1 aromatic heterocycles. The van der Waals surface area contributed by atoms with Crippen molar-refractivity contribution in [3.05, 3.63) is 95.8 Å². The Hall–Kier alpha value is -3.03. The Morgan fingerprint density at radius 2 is 1.66 bits per heavy atom. The molecule has 0 saturated heterocycles. The average Bonchev–Trinajstić information content (AvgIpc) is 2.73. The van der Waals surface area contributed by atoms with E-state index in [1.165, 1.54) is 12.1 Å². The van der Waals surface area contributed by atoms with Crippen molar-refractivity contribution in [3.63, 3.8) is 0 Å². The van der Waals surface area contributed by atoms with Gasteiger partial charge in [-0.05, 0) is 43.2 Å². The van der Waals surface area contributed by atoms with Gasteiger partial charge >= 0.3 is 0 Å². The molecule has 0 aliphatic rings. The summed E-state index contributed by atoms with van der Waals surface area (Å²) < 4.78 is 28.2. The smallest absolute Gasteiger partial charge is 0.241 e. The monoisotopic (exact) mass is 409 g/mol. The van der Waals surface area contributed by atoms with Crippen LogP contribution in [0.3, 0.4) is 0 Å². The number of hydrogen-bond donors (Lipinski definition) is 2. The number of carbonyl (C=O) groups is 1. The number of hydrogen-bond acceptors (Lipinski definition) is 4. The first-order valence-electron chi connectivity index (χ1n) is 9.24. The van der Waals surface area contributed by atoms with Crippen molar-refractivity contribution in [3.8, 4) is 0 Å². The van der Waals surface area contributed by atoms with Crippen molar-refractivity contribution in [2.45, 2.75) is 30.8 Å². The Bertz CT molecular complexity index is 1040. The van der Waals surface area contributed by atoms with Crippen LogP contribution in [-0.2, 0) is 27.8 Å². The number of carbonyl (C=O) groups excluding carboxylic acids is 1. The molecule has 1 amide bonds. The van der Waals surface area contributed by atoms with Gasteiger partial charge in [0.2, 0.25) is 15.9 Å².